The maximum atomic E-state index is 12.1. The van der Waals surface area contributed by atoms with Gasteiger partial charge in [0, 0.05) is 25.6 Å². The fourth-order valence-corrected chi connectivity index (χ4v) is 3.01. The van der Waals surface area contributed by atoms with E-state index in [2.05, 4.69) is 37.4 Å². The van der Waals surface area contributed by atoms with Crippen molar-refractivity contribution < 1.29 is 4.79 Å². The number of nitrogens with zero attached hydrogens (tertiary/aromatic N) is 1. The average molecular weight is 274 g/mol. The first kappa shape index (κ1) is 15.0. The van der Waals surface area contributed by atoms with E-state index in [1.54, 1.807) is 0 Å². The van der Waals surface area contributed by atoms with E-state index in [1.807, 2.05) is 11.9 Å². The lowest BCUT2D eigenvalue weighted by Crippen LogP contribution is -2.38. The summed E-state index contributed by atoms with van der Waals surface area (Å²) in [4.78, 5) is 14.2. The molecule has 0 aromatic heterocycles. The summed E-state index contributed by atoms with van der Waals surface area (Å²) in [6, 6.07) is 6.77. The third-order valence-electron chi connectivity index (χ3n) is 4.22. The van der Waals surface area contributed by atoms with Crippen LogP contribution in [-0.4, -0.2) is 30.9 Å². The van der Waals surface area contributed by atoms with Gasteiger partial charge in [0.25, 0.3) is 0 Å². The van der Waals surface area contributed by atoms with Crippen molar-refractivity contribution in [3.05, 3.63) is 34.9 Å². The Hall–Kier alpha value is -1.35. The predicted molar refractivity (Wildman–Crippen MR) is 82.8 cm³/mol. The number of carbonyl (C=O) groups is 1. The number of hydrogen-bond donors (Lipinski definition) is 1. The molecule has 1 fully saturated rings. The molecule has 0 spiro atoms. The quantitative estimate of drug-likeness (QED) is 0.915. The third kappa shape index (κ3) is 3.60. The molecule has 1 saturated heterocycles. The second-order valence-electron chi connectivity index (χ2n) is 5.85. The van der Waals surface area contributed by atoms with Gasteiger partial charge in [-0.2, -0.15) is 0 Å². The van der Waals surface area contributed by atoms with E-state index in [1.165, 1.54) is 23.1 Å². The normalized spacial score (nSPS) is 17.9. The minimum Gasteiger partial charge on any atom is -0.341 e. The van der Waals surface area contributed by atoms with Crippen LogP contribution in [-0.2, 0) is 4.79 Å². The number of likely N-dealkylation sites (N-methyl/N-ethyl adjacent to an activating group) is 1. The van der Waals surface area contributed by atoms with Gasteiger partial charge in [-0.3, -0.25) is 4.79 Å². The number of benzene rings is 1. The molecule has 0 aliphatic carbocycles. The van der Waals surface area contributed by atoms with Gasteiger partial charge in [0.15, 0.2) is 0 Å². The van der Waals surface area contributed by atoms with Crippen LogP contribution < -0.4 is 5.32 Å². The van der Waals surface area contributed by atoms with Gasteiger partial charge in [-0.05, 0) is 44.9 Å². The van der Waals surface area contributed by atoms with Gasteiger partial charge in [0.05, 0.1) is 0 Å². The molecule has 1 N–H and O–H groups in total. The molecular weight excluding hydrogens is 248 g/mol. The number of likely N-dealkylation sites (tertiary alicyclic amines) is 1. The lowest BCUT2D eigenvalue weighted by Gasteiger charge is -2.27. The van der Waals surface area contributed by atoms with E-state index < -0.39 is 0 Å². The maximum absolute atomic E-state index is 12.1. The van der Waals surface area contributed by atoms with Crippen molar-refractivity contribution >= 4 is 5.91 Å². The highest BCUT2D eigenvalue weighted by atomic mass is 16.2. The van der Waals surface area contributed by atoms with Crippen LogP contribution in [0.25, 0.3) is 0 Å². The Labute approximate surface area is 122 Å². The Morgan fingerprint density at radius 1 is 1.25 bits per heavy atom. The first-order valence-corrected chi connectivity index (χ1v) is 7.64. The molecular formula is C17H26N2O. The van der Waals surface area contributed by atoms with Gasteiger partial charge >= 0.3 is 0 Å². The second-order valence-corrected chi connectivity index (χ2v) is 5.85. The fourth-order valence-electron chi connectivity index (χ4n) is 3.01. The molecule has 20 heavy (non-hydrogen) atoms. The number of hydrogen-bond acceptors (Lipinski definition) is 2. The van der Waals surface area contributed by atoms with Crippen LogP contribution in [0.4, 0.5) is 0 Å². The highest BCUT2D eigenvalue weighted by Crippen LogP contribution is 2.21. The van der Waals surface area contributed by atoms with Crippen molar-refractivity contribution in [1.29, 1.82) is 0 Å². The molecule has 1 aliphatic heterocycles. The van der Waals surface area contributed by atoms with Gasteiger partial charge in [0.2, 0.25) is 5.91 Å². The predicted octanol–water partition coefficient (Wildman–Crippen LogP) is 2.97. The molecule has 0 bridgehead atoms. The minimum absolute atomic E-state index is 0.220. The molecule has 3 heteroatoms. The molecule has 1 unspecified atom stereocenters. The van der Waals surface area contributed by atoms with Crippen LogP contribution in [0.3, 0.4) is 0 Å². The van der Waals surface area contributed by atoms with Crippen LogP contribution >= 0.6 is 0 Å². The third-order valence-corrected chi connectivity index (χ3v) is 4.22. The van der Waals surface area contributed by atoms with Crippen molar-refractivity contribution in [1.82, 2.24) is 10.2 Å². The maximum Gasteiger partial charge on any atom is 0.222 e. The Bertz CT molecular complexity index is 470. The summed E-state index contributed by atoms with van der Waals surface area (Å²) < 4.78 is 0. The molecule has 1 aromatic rings. The number of nitrogens with one attached hydrogen (secondary N) is 1. The molecule has 0 radical (unpaired) electrons. The average Bonchev–Trinajstić information content (AvgIpc) is 2.62. The molecule has 110 valence electrons. The van der Waals surface area contributed by atoms with E-state index in [9.17, 15) is 4.79 Å². The summed E-state index contributed by atoms with van der Waals surface area (Å²) in [7, 11) is 1.98. The van der Waals surface area contributed by atoms with Crippen LogP contribution in [0.5, 0.6) is 0 Å². The van der Waals surface area contributed by atoms with E-state index in [0.29, 0.717) is 12.3 Å². The zero-order valence-corrected chi connectivity index (χ0v) is 12.9. The first-order valence-electron chi connectivity index (χ1n) is 7.64. The summed E-state index contributed by atoms with van der Waals surface area (Å²) in [6.45, 7) is 5.95. The van der Waals surface area contributed by atoms with Crippen molar-refractivity contribution in [2.75, 3.05) is 20.1 Å². The minimum atomic E-state index is 0.220. The van der Waals surface area contributed by atoms with Crippen LogP contribution in [0.15, 0.2) is 18.2 Å². The van der Waals surface area contributed by atoms with Gasteiger partial charge in [-0.15, -0.1) is 0 Å². The molecule has 3 nitrogen and oxygen atoms in total. The molecule has 1 heterocycles. The lowest BCUT2D eigenvalue weighted by molar-refractivity contribution is -0.131. The van der Waals surface area contributed by atoms with E-state index >= 15 is 0 Å². The van der Waals surface area contributed by atoms with Gasteiger partial charge in [-0.25, -0.2) is 0 Å². The van der Waals surface area contributed by atoms with E-state index in [-0.39, 0.29) is 6.04 Å². The van der Waals surface area contributed by atoms with Crippen molar-refractivity contribution in [2.24, 2.45) is 0 Å². The summed E-state index contributed by atoms with van der Waals surface area (Å²) >= 11 is 0. The first-order chi connectivity index (χ1) is 9.61. The Morgan fingerprint density at radius 3 is 2.75 bits per heavy atom. The molecule has 1 atom stereocenters. The molecule has 1 aliphatic rings. The highest BCUT2D eigenvalue weighted by molar-refractivity contribution is 5.76. The summed E-state index contributed by atoms with van der Waals surface area (Å²) in [5.41, 5.74) is 3.88. The highest BCUT2D eigenvalue weighted by Gasteiger charge is 2.21. The number of rotatable bonds is 4. The lowest BCUT2D eigenvalue weighted by atomic mass is 9.98. The SMILES string of the molecule is CNC(CN1CCCCCC1=O)c1ccc(C)cc1C. The number of amides is 1. The summed E-state index contributed by atoms with van der Waals surface area (Å²) in [5, 5.41) is 3.37. The van der Waals surface area contributed by atoms with Crippen LogP contribution in [0.2, 0.25) is 0 Å². The van der Waals surface area contributed by atoms with Crippen molar-refractivity contribution in [2.45, 2.75) is 45.6 Å². The van der Waals surface area contributed by atoms with Crippen molar-refractivity contribution in [3.8, 4) is 0 Å². The largest absolute Gasteiger partial charge is 0.341 e. The van der Waals surface area contributed by atoms with Crippen LogP contribution in [0, 0.1) is 13.8 Å². The zero-order chi connectivity index (χ0) is 14.5. The number of carbonyl (C=O) groups excluding carboxylic acids is 1. The molecule has 1 amide bonds. The van der Waals surface area contributed by atoms with Gasteiger partial charge in [-0.1, -0.05) is 30.2 Å². The second kappa shape index (κ2) is 6.89. The smallest absolute Gasteiger partial charge is 0.222 e. The van der Waals surface area contributed by atoms with Gasteiger partial charge < -0.3 is 10.2 Å². The topological polar surface area (TPSA) is 32.3 Å². The Morgan fingerprint density at radius 2 is 2.05 bits per heavy atom. The Kier molecular flexibility index (Phi) is 5.18. The molecule has 2 rings (SSSR count). The molecule has 1 aromatic carbocycles. The van der Waals surface area contributed by atoms with Crippen molar-refractivity contribution in [3.63, 3.8) is 0 Å². The van der Waals surface area contributed by atoms with E-state index in [4.69, 9.17) is 0 Å². The van der Waals surface area contributed by atoms with Crippen LogP contribution in [0.1, 0.15) is 48.4 Å². The standard InChI is InChI=1S/C17H26N2O/c1-13-8-9-15(14(2)11-13)16(18-3)12-19-10-6-4-5-7-17(19)20/h8-9,11,16,18H,4-7,10,12H2,1-3H3. The summed E-state index contributed by atoms with van der Waals surface area (Å²) in [6.07, 6.45) is 4.07. The molecule has 0 saturated carbocycles. The number of aryl methyl sites for hydroxylation is 2. The Balaban J connectivity index is 2.13. The fraction of sp³-hybridized carbons (Fsp3) is 0.588. The summed E-state index contributed by atoms with van der Waals surface area (Å²) in [5.74, 6) is 0.313. The van der Waals surface area contributed by atoms with Gasteiger partial charge in [0.1, 0.15) is 0 Å². The monoisotopic (exact) mass is 274 g/mol. The van der Waals surface area contributed by atoms with E-state index in [0.717, 1.165) is 25.9 Å². The zero-order valence-electron chi connectivity index (χ0n) is 12.9.